The predicted octanol–water partition coefficient (Wildman–Crippen LogP) is 13.0. The van der Waals surface area contributed by atoms with Crippen LogP contribution in [-0.4, -0.2) is 24.1 Å². The smallest absolute Gasteiger partial charge is 0.238 e. The van der Waals surface area contributed by atoms with E-state index in [0.29, 0.717) is 17.6 Å². The minimum Gasteiger partial charge on any atom is -0.309 e. The van der Waals surface area contributed by atoms with Gasteiger partial charge in [-0.3, -0.25) is 4.57 Å². The zero-order valence-electron chi connectivity index (χ0n) is 32.5. The van der Waals surface area contributed by atoms with E-state index in [1.54, 1.807) is 0 Å². The van der Waals surface area contributed by atoms with Crippen molar-refractivity contribution in [3.63, 3.8) is 0 Å². The molecule has 0 atom stereocenters. The topological polar surface area (TPSA) is 48.5 Å². The maximum absolute atomic E-state index is 5.29. The lowest BCUT2D eigenvalue weighted by molar-refractivity contribution is 0.403. The third-order valence-corrected chi connectivity index (χ3v) is 12.1. The quantitative estimate of drug-likeness (QED) is 0.177. The van der Waals surface area contributed by atoms with Crippen LogP contribution in [0.5, 0.6) is 0 Å². The van der Waals surface area contributed by atoms with Gasteiger partial charge in [-0.2, -0.15) is 9.97 Å². The van der Waals surface area contributed by atoms with E-state index in [1.807, 2.05) is 24.3 Å². The fraction of sp³-hybridized carbons (Fsp3) is 0.135. The van der Waals surface area contributed by atoms with Gasteiger partial charge in [0, 0.05) is 32.7 Å². The highest BCUT2D eigenvalue weighted by atomic mass is 15.2. The van der Waals surface area contributed by atoms with Crippen LogP contribution in [0.3, 0.4) is 0 Å². The van der Waals surface area contributed by atoms with Crippen molar-refractivity contribution in [2.45, 2.75) is 44.9 Å². The van der Waals surface area contributed by atoms with Gasteiger partial charge in [0.1, 0.15) is 0 Å². The van der Waals surface area contributed by atoms with Crippen molar-refractivity contribution < 1.29 is 0 Å². The Bertz CT molecular complexity index is 3190. The van der Waals surface area contributed by atoms with Crippen LogP contribution in [0, 0.1) is 0 Å². The van der Waals surface area contributed by atoms with Gasteiger partial charge in [0.05, 0.1) is 27.8 Å². The number of aromatic nitrogens is 5. The number of nitrogens with zero attached hydrogens (tertiary/aromatic N) is 5. The van der Waals surface area contributed by atoms with Crippen LogP contribution in [0.2, 0.25) is 0 Å². The Kier molecular flexibility index (Phi) is 7.24. The summed E-state index contributed by atoms with van der Waals surface area (Å²) in [6, 6.07) is 58.4. The second-order valence-corrected chi connectivity index (χ2v) is 16.8. The summed E-state index contributed by atoms with van der Waals surface area (Å²) in [7, 11) is 0. The standard InChI is InChI=1S/C52H41N5/c1-51(2)32-52(3,4)47-41(51)22-15-25-44(47)56-42-23-13-11-20-37(42)39-30-40-38-21-12-14-24-43(38)57(46(40)31-45(39)56)50-54-48(35-18-9-6-10-19-35)53-49(55-50)36-28-26-34(27-29-36)33-16-7-5-8-17-33/h5-31H,32H2,1-4H3. The van der Waals surface area contributed by atoms with Gasteiger partial charge in [-0.15, -0.1) is 0 Å². The van der Waals surface area contributed by atoms with Crippen LogP contribution in [0.4, 0.5) is 0 Å². The molecule has 0 amide bonds. The average molecular weight is 736 g/mol. The van der Waals surface area contributed by atoms with Crippen molar-refractivity contribution in [3.05, 3.63) is 175 Å². The maximum atomic E-state index is 5.29. The Morgan fingerprint density at radius 3 is 1.56 bits per heavy atom. The highest BCUT2D eigenvalue weighted by molar-refractivity contribution is 6.19. The van der Waals surface area contributed by atoms with Gasteiger partial charge in [-0.1, -0.05) is 161 Å². The molecule has 11 rings (SSSR count). The summed E-state index contributed by atoms with van der Waals surface area (Å²) in [4.78, 5) is 15.6. The molecule has 1 aliphatic carbocycles. The van der Waals surface area contributed by atoms with E-state index < -0.39 is 0 Å². The number of hydrogen-bond acceptors (Lipinski definition) is 3. The Balaban J connectivity index is 1.20. The summed E-state index contributed by atoms with van der Waals surface area (Å²) in [5.41, 5.74) is 12.9. The van der Waals surface area contributed by atoms with Gasteiger partial charge >= 0.3 is 0 Å². The van der Waals surface area contributed by atoms with Crippen molar-refractivity contribution >= 4 is 43.6 Å². The Hall–Kier alpha value is -6.85. The largest absolute Gasteiger partial charge is 0.309 e. The van der Waals surface area contributed by atoms with Crippen molar-refractivity contribution in [2.24, 2.45) is 0 Å². The lowest BCUT2D eigenvalue weighted by atomic mass is 9.81. The molecular formula is C52H41N5. The zero-order chi connectivity index (χ0) is 38.5. The minimum absolute atomic E-state index is 0.0144. The third-order valence-electron chi connectivity index (χ3n) is 12.1. The molecule has 0 saturated carbocycles. The highest BCUT2D eigenvalue weighted by Gasteiger charge is 2.43. The molecule has 3 aromatic heterocycles. The Morgan fingerprint density at radius 1 is 0.404 bits per heavy atom. The summed E-state index contributed by atoms with van der Waals surface area (Å²) in [5.74, 6) is 1.85. The minimum atomic E-state index is 0.0144. The fourth-order valence-corrected chi connectivity index (χ4v) is 9.95. The molecule has 10 aromatic rings. The van der Waals surface area contributed by atoms with Crippen molar-refractivity contribution in [1.29, 1.82) is 0 Å². The maximum Gasteiger partial charge on any atom is 0.238 e. The molecule has 0 fully saturated rings. The lowest BCUT2D eigenvalue weighted by Crippen LogP contribution is -2.18. The SMILES string of the molecule is CC1(C)CC(C)(C)c2c(-n3c4ccccc4c4cc5c6ccccc6n(-c6nc(-c7ccccc7)nc(-c7ccc(-c8ccccc8)cc7)n6)c5cc43)cccc21. The third kappa shape index (κ3) is 5.19. The first kappa shape index (κ1) is 33.5. The van der Waals surface area contributed by atoms with Gasteiger partial charge in [-0.25, -0.2) is 4.98 Å². The van der Waals surface area contributed by atoms with Crippen LogP contribution in [0.1, 0.15) is 45.2 Å². The second-order valence-electron chi connectivity index (χ2n) is 16.8. The molecule has 0 spiro atoms. The van der Waals surface area contributed by atoms with Gasteiger partial charge in [-0.05, 0) is 69.8 Å². The first-order chi connectivity index (χ1) is 27.7. The van der Waals surface area contributed by atoms with Crippen LogP contribution in [0.25, 0.3) is 89.2 Å². The monoisotopic (exact) mass is 735 g/mol. The number of para-hydroxylation sites is 2. The molecule has 274 valence electrons. The van der Waals surface area contributed by atoms with Crippen molar-refractivity contribution in [3.8, 4) is 45.5 Å². The van der Waals surface area contributed by atoms with Gasteiger partial charge in [0.25, 0.3) is 0 Å². The first-order valence-electron chi connectivity index (χ1n) is 19.8. The Morgan fingerprint density at radius 2 is 0.912 bits per heavy atom. The zero-order valence-corrected chi connectivity index (χ0v) is 32.5. The van der Waals surface area contributed by atoms with Crippen molar-refractivity contribution in [2.75, 3.05) is 0 Å². The molecular weight excluding hydrogens is 695 g/mol. The molecule has 0 radical (unpaired) electrons. The molecule has 0 saturated heterocycles. The molecule has 1 aliphatic rings. The molecule has 3 heterocycles. The number of benzene rings is 7. The molecule has 57 heavy (non-hydrogen) atoms. The van der Waals surface area contributed by atoms with Gasteiger partial charge in [0.15, 0.2) is 11.6 Å². The molecule has 5 nitrogen and oxygen atoms in total. The summed E-state index contributed by atoms with van der Waals surface area (Å²) < 4.78 is 4.75. The molecule has 0 unspecified atom stereocenters. The number of hydrogen-bond donors (Lipinski definition) is 0. The number of rotatable bonds is 5. The van der Waals surface area contributed by atoms with Gasteiger partial charge < -0.3 is 4.57 Å². The number of fused-ring (bicyclic) bond motifs is 7. The van der Waals surface area contributed by atoms with E-state index in [4.69, 9.17) is 15.0 Å². The van der Waals surface area contributed by atoms with E-state index in [9.17, 15) is 0 Å². The predicted molar refractivity (Wildman–Crippen MR) is 235 cm³/mol. The second kappa shape index (κ2) is 12.3. The van der Waals surface area contributed by atoms with E-state index in [1.165, 1.54) is 38.7 Å². The van der Waals surface area contributed by atoms with E-state index in [2.05, 4.69) is 176 Å². The highest BCUT2D eigenvalue weighted by Crippen LogP contribution is 2.52. The molecule has 5 heteroatoms. The van der Waals surface area contributed by atoms with Crippen molar-refractivity contribution in [1.82, 2.24) is 24.1 Å². The van der Waals surface area contributed by atoms with Crippen LogP contribution < -0.4 is 0 Å². The summed E-state index contributed by atoms with van der Waals surface area (Å²) >= 11 is 0. The average Bonchev–Trinajstić information content (AvgIpc) is 3.81. The lowest BCUT2D eigenvalue weighted by Gasteiger charge is -2.24. The first-order valence-corrected chi connectivity index (χ1v) is 19.8. The van der Waals surface area contributed by atoms with Crippen LogP contribution in [-0.2, 0) is 10.8 Å². The molecule has 0 N–H and O–H groups in total. The van der Waals surface area contributed by atoms with Crippen LogP contribution >= 0.6 is 0 Å². The molecule has 0 bridgehead atoms. The normalized spacial score (nSPS) is 14.5. The molecule has 0 aliphatic heterocycles. The van der Waals surface area contributed by atoms with Crippen LogP contribution in [0.15, 0.2) is 164 Å². The summed E-state index contributed by atoms with van der Waals surface area (Å²) in [5, 5.41) is 4.79. The molecule has 7 aromatic carbocycles. The van der Waals surface area contributed by atoms with Gasteiger partial charge in [0.2, 0.25) is 5.95 Å². The van der Waals surface area contributed by atoms with E-state index in [0.717, 1.165) is 50.4 Å². The van der Waals surface area contributed by atoms with E-state index in [-0.39, 0.29) is 10.8 Å². The summed E-state index contributed by atoms with van der Waals surface area (Å²) in [6.07, 6.45) is 1.10. The Labute approximate surface area is 331 Å². The van der Waals surface area contributed by atoms with E-state index >= 15 is 0 Å². The summed E-state index contributed by atoms with van der Waals surface area (Å²) in [6.45, 7) is 9.60. The fourth-order valence-electron chi connectivity index (χ4n) is 9.95.